The van der Waals surface area contributed by atoms with Crippen molar-refractivity contribution in [3.63, 3.8) is 0 Å². The second kappa shape index (κ2) is 33.8. The summed E-state index contributed by atoms with van der Waals surface area (Å²) < 4.78 is 15.1. The summed E-state index contributed by atoms with van der Waals surface area (Å²) in [5.41, 5.74) is 38.5. The van der Waals surface area contributed by atoms with Crippen molar-refractivity contribution in [2.24, 2.45) is 45.1 Å². The largest absolute Gasteiger partial charge is 0.477 e. The highest BCUT2D eigenvalue weighted by Gasteiger charge is 2.40. The SMILES string of the molecule is C[C@H](NC(=O)[C@@H](NC(=O)[C@@H](N)CCCCN)[C@@H](O)CN)C(=O)NCC(=O)N[C@H](CCCN)C(=O)N1CCC[C@H]1C(=O)N[C@@H](Cc1ccccc1F)C(=O)N[C@@H](CCCCN)C(=O)N/C(=C\CCN=C(N)N)C(=O)O. The lowest BCUT2D eigenvalue weighted by Gasteiger charge is -2.30. The molecule has 1 aromatic carbocycles. The molecule has 0 bridgehead atoms. The fraction of sp³-hybridized carbons (Fsp3) is 0.609. The van der Waals surface area contributed by atoms with Crippen molar-refractivity contribution in [3.8, 4) is 0 Å². The second-order valence-corrected chi connectivity index (χ2v) is 17.6. The van der Waals surface area contributed by atoms with E-state index in [1.807, 2.05) is 0 Å². The molecule has 8 atom stereocenters. The molecule has 0 aromatic heterocycles. The molecular weight excluding hydrogens is 972 g/mol. The predicted molar refractivity (Wildman–Crippen MR) is 269 cm³/mol. The molecule has 0 radical (unpaired) electrons. The number of nitrogens with two attached hydrogens (primary N) is 7. The number of aliphatic carboxylic acids is 1. The highest BCUT2D eigenvalue weighted by atomic mass is 19.1. The van der Waals surface area contributed by atoms with Gasteiger partial charge < -0.3 is 92.5 Å². The third kappa shape index (κ3) is 22.1. The van der Waals surface area contributed by atoms with Gasteiger partial charge in [0.15, 0.2) is 5.96 Å². The van der Waals surface area contributed by atoms with Crippen molar-refractivity contribution in [2.45, 2.75) is 132 Å². The second-order valence-electron chi connectivity index (χ2n) is 17.6. The van der Waals surface area contributed by atoms with Gasteiger partial charge in [0.05, 0.1) is 18.7 Å². The van der Waals surface area contributed by atoms with Crippen LogP contribution in [0.1, 0.15) is 83.1 Å². The molecule has 23 N–H and O–H groups in total. The number of nitrogens with one attached hydrogen (secondary N) is 7. The molecule has 2 rings (SSSR count). The molecule has 28 heteroatoms. The van der Waals surface area contributed by atoms with Crippen molar-refractivity contribution >= 4 is 59.2 Å². The number of guanidine groups is 1. The number of likely N-dealkylation sites (tertiary alicyclic amines) is 1. The number of benzene rings is 1. The van der Waals surface area contributed by atoms with Crippen LogP contribution in [0.2, 0.25) is 0 Å². The van der Waals surface area contributed by atoms with E-state index in [4.69, 9.17) is 40.1 Å². The number of hydrogen-bond donors (Lipinski definition) is 16. The molecule has 1 aromatic rings. The van der Waals surface area contributed by atoms with Gasteiger partial charge in [-0.15, -0.1) is 0 Å². The van der Waals surface area contributed by atoms with Crippen LogP contribution in [-0.2, 0) is 49.6 Å². The van der Waals surface area contributed by atoms with E-state index in [2.05, 4.69) is 42.2 Å². The zero-order valence-corrected chi connectivity index (χ0v) is 41.8. The first-order valence-corrected chi connectivity index (χ1v) is 24.5. The van der Waals surface area contributed by atoms with E-state index in [1.54, 1.807) is 0 Å². The Bertz CT molecular complexity index is 2110. The van der Waals surface area contributed by atoms with Crippen molar-refractivity contribution in [2.75, 3.05) is 45.8 Å². The number of unbranched alkanes of at least 4 members (excludes halogenated alkanes) is 2. The number of rotatable bonds is 34. The highest BCUT2D eigenvalue weighted by molar-refractivity contribution is 5.99. The van der Waals surface area contributed by atoms with Crippen LogP contribution in [0.15, 0.2) is 41.0 Å². The molecule has 8 amide bonds. The minimum atomic E-state index is -1.58. The monoisotopic (exact) mass is 1050 g/mol. The quantitative estimate of drug-likeness (QED) is 0.0132. The van der Waals surface area contributed by atoms with Gasteiger partial charge in [-0.25, -0.2) is 9.18 Å². The number of nitrogens with zero attached hydrogens (tertiary/aromatic N) is 2. The number of hydrogen-bond acceptors (Lipinski definition) is 16. The molecule has 414 valence electrons. The normalized spacial score (nSPS) is 16.2. The maximum Gasteiger partial charge on any atom is 0.352 e. The van der Waals surface area contributed by atoms with Crippen LogP contribution in [0.25, 0.3) is 0 Å². The molecule has 0 saturated carbocycles. The Labute approximate surface area is 428 Å². The number of carboxylic acid groups (broad SMARTS) is 1. The van der Waals surface area contributed by atoms with E-state index in [0.29, 0.717) is 38.6 Å². The first-order valence-electron chi connectivity index (χ1n) is 24.5. The molecule has 1 saturated heterocycles. The lowest BCUT2D eigenvalue weighted by molar-refractivity contribution is -0.142. The Morgan fingerprint density at radius 1 is 0.784 bits per heavy atom. The summed E-state index contributed by atoms with van der Waals surface area (Å²) in [6.45, 7) is 0.998. The maximum absolute atomic E-state index is 15.1. The average Bonchev–Trinajstić information content (AvgIpc) is 3.87. The van der Waals surface area contributed by atoms with Gasteiger partial charge in [0, 0.05) is 26.1 Å². The Morgan fingerprint density at radius 3 is 2.05 bits per heavy atom. The van der Waals surface area contributed by atoms with Gasteiger partial charge in [-0.1, -0.05) is 30.7 Å². The summed E-state index contributed by atoms with van der Waals surface area (Å²) >= 11 is 0. The van der Waals surface area contributed by atoms with Crippen molar-refractivity contribution in [1.29, 1.82) is 0 Å². The van der Waals surface area contributed by atoms with Gasteiger partial charge in [0.2, 0.25) is 47.3 Å². The third-order valence-corrected chi connectivity index (χ3v) is 11.7. The fourth-order valence-electron chi connectivity index (χ4n) is 7.60. The molecule has 1 aliphatic rings. The van der Waals surface area contributed by atoms with E-state index in [0.717, 1.165) is 6.07 Å². The fourth-order valence-corrected chi connectivity index (χ4v) is 7.60. The minimum absolute atomic E-state index is 0.00952. The van der Waals surface area contributed by atoms with E-state index >= 15 is 4.39 Å². The molecule has 74 heavy (non-hydrogen) atoms. The number of carbonyl (C=O) groups is 9. The molecule has 0 unspecified atom stereocenters. The Kier molecular flexibility index (Phi) is 28.9. The van der Waals surface area contributed by atoms with E-state index < -0.39 is 133 Å². The van der Waals surface area contributed by atoms with Crippen LogP contribution in [-0.4, -0.2) is 169 Å². The molecule has 0 aliphatic carbocycles. The molecule has 1 heterocycles. The number of carbonyl (C=O) groups excluding carboxylic acids is 8. The number of aliphatic imine (C=N–C) groups is 1. The number of aliphatic hydroxyl groups excluding tert-OH is 1. The first-order chi connectivity index (χ1) is 35.2. The Balaban J connectivity index is 2.26. The minimum Gasteiger partial charge on any atom is -0.477 e. The van der Waals surface area contributed by atoms with Gasteiger partial charge in [0.25, 0.3) is 0 Å². The first kappa shape index (κ1) is 63.3. The lowest BCUT2D eigenvalue weighted by Crippen LogP contribution is -2.60. The summed E-state index contributed by atoms with van der Waals surface area (Å²) in [6.07, 6.45) is 2.12. The van der Waals surface area contributed by atoms with Crippen LogP contribution < -0.4 is 77.4 Å². The predicted octanol–water partition coefficient (Wildman–Crippen LogP) is -5.69. The molecule has 1 aliphatic heterocycles. The number of aliphatic hydroxyl groups is 1. The van der Waals surface area contributed by atoms with Gasteiger partial charge in [-0.05, 0) is 102 Å². The maximum atomic E-state index is 15.1. The Hall–Kier alpha value is -6.85. The van der Waals surface area contributed by atoms with Crippen molar-refractivity contribution in [1.82, 2.24) is 42.1 Å². The summed E-state index contributed by atoms with van der Waals surface area (Å²) in [5, 5.41) is 37.3. The molecular formula is C46H77FN16O11. The van der Waals surface area contributed by atoms with Crippen LogP contribution in [0, 0.1) is 5.82 Å². The zero-order chi connectivity index (χ0) is 55.3. The van der Waals surface area contributed by atoms with E-state index in [1.165, 1.54) is 36.1 Å². The molecule has 27 nitrogen and oxygen atoms in total. The van der Waals surface area contributed by atoms with Crippen LogP contribution in [0.3, 0.4) is 0 Å². The highest BCUT2D eigenvalue weighted by Crippen LogP contribution is 2.21. The Morgan fingerprint density at radius 2 is 1.43 bits per heavy atom. The van der Waals surface area contributed by atoms with Crippen LogP contribution >= 0.6 is 0 Å². The molecule has 1 fully saturated rings. The van der Waals surface area contributed by atoms with Gasteiger partial charge in [0.1, 0.15) is 47.8 Å². The summed E-state index contributed by atoms with van der Waals surface area (Å²) in [6, 6.07) is -3.75. The number of halogens is 1. The summed E-state index contributed by atoms with van der Waals surface area (Å²) in [7, 11) is 0. The summed E-state index contributed by atoms with van der Waals surface area (Å²) in [4.78, 5) is 125. The van der Waals surface area contributed by atoms with Crippen LogP contribution in [0.5, 0.6) is 0 Å². The summed E-state index contributed by atoms with van der Waals surface area (Å²) in [5.74, 6) is -9.14. The molecule has 0 spiro atoms. The van der Waals surface area contributed by atoms with Gasteiger partial charge in [-0.3, -0.25) is 43.3 Å². The van der Waals surface area contributed by atoms with E-state index in [-0.39, 0.29) is 76.2 Å². The standard InChI is InChI=1S/C46H77FN16O11/c1-26(57-43(71)37(35(64)24-51)62-39(67)29(52)13-4-6-18-48)38(66)56-25-36(65)58-31(15-8-20-50)44(72)63-22-10-17-34(63)42(70)61-33(23-27-11-2-3-12-28(27)47)41(69)59-30(14-5-7-19-49)40(68)60-32(45(73)74)16-9-21-55-46(53)54/h2-3,11-12,16,26,29-31,33-35,37,64H,4-10,13-15,17-25,48-52H2,1H3,(H,56,66)(H,57,71)(H,58,65)(H,59,69)(H,60,68)(H,61,70)(H,62,67)(H,73,74)(H4,53,54,55)/b32-16-/t26-,29-,30-,31+,33-,34-,35-,37-/m0/s1. The number of carboxylic acids is 1. The van der Waals surface area contributed by atoms with Gasteiger partial charge >= 0.3 is 5.97 Å². The number of amides is 8. The topological polar surface area (TPSA) is 476 Å². The van der Waals surface area contributed by atoms with E-state index in [9.17, 15) is 53.4 Å². The third-order valence-electron chi connectivity index (χ3n) is 11.7. The smallest absolute Gasteiger partial charge is 0.352 e. The van der Waals surface area contributed by atoms with Gasteiger partial charge in [-0.2, -0.15) is 0 Å². The zero-order valence-electron chi connectivity index (χ0n) is 41.8. The van der Waals surface area contributed by atoms with Crippen LogP contribution in [0.4, 0.5) is 4.39 Å². The average molecular weight is 1050 g/mol. The van der Waals surface area contributed by atoms with Crippen molar-refractivity contribution in [3.05, 3.63) is 47.4 Å². The van der Waals surface area contributed by atoms with Crippen molar-refractivity contribution < 1.29 is 57.8 Å². The lowest BCUT2D eigenvalue weighted by atomic mass is 10.0.